The lowest BCUT2D eigenvalue weighted by atomic mass is 10.1. The number of fused-ring (bicyclic) bond motifs is 3. The van der Waals surface area contributed by atoms with E-state index in [1.165, 1.54) is 21.3 Å². The summed E-state index contributed by atoms with van der Waals surface area (Å²) in [6.45, 7) is 2.09. The molecule has 3 aliphatic rings. The number of pyridine rings is 1. The number of aryl methyl sites for hydroxylation is 2. The molecule has 3 aromatic heterocycles. The Balaban J connectivity index is 0.854. The third kappa shape index (κ3) is 6.69. The average Bonchev–Trinajstić information content (AvgIpc) is 3.94. The number of anilines is 1. The summed E-state index contributed by atoms with van der Waals surface area (Å²) >= 11 is 0. The van der Waals surface area contributed by atoms with Crippen LogP contribution in [0.1, 0.15) is 59.0 Å². The number of phenolic OH excluding ortho intramolecular Hbond substituents is 1. The molecule has 2 bridgehead atoms. The predicted octanol–water partition coefficient (Wildman–Crippen LogP) is 2.70. The Hall–Kier alpha value is -6.49. The molecular formula is C39H37N9O5. The highest BCUT2D eigenvalue weighted by atomic mass is 16.3. The number of imidazole rings is 1. The van der Waals surface area contributed by atoms with Crippen molar-refractivity contribution in [3.8, 4) is 17.6 Å². The van der Waals surface area contributed by atoms with Gasteiger partial charge < -0.3 is 14.9 Å². The van der Waals surface area contributed by atoms with Crippen molar-refractivity contribution in [2.75, 3.05) is 18.0 Å². The molecule has 0 aliphatic carbocycles. The van der Waals surface area contributed by atoms with Gasteiger partial charge in [-0.2, -0.15) is 0 Å². The molecule has 3 atom stereocenters. The number of ketones is 1. The van der Waals surface area contributed by atoms with Crippen LogP contribution in [0.2, 0.25) is 0 Å². The molecule has 53 heavy (non-hydrogen) atoms. The lowest BCUT2D eigenvalue weighted by molar-refractivity contribution is -0.135. The third-order valence-corrected chi connectivity index (χ3v) is 10.2. The summed E-state index contributed by atoms with van der Waals surface area (Å²) in [6.07, 6.45) is 7.94. The number of nitrogens with zero attached hydrogens (tertiary/aromatic N) is 8. The molecule has 14 heteroatoms. The van der Waals surface area contributed by atoms with Crippen molar-refractivity contribution in [3.05, 3.63) is 112 Å². The van der Waals surface area contributed by atoms with Gasteiger partial charge >= 0.3 is 5.69 Å². The van der Waals surface area contributed by atoms with E-state index in [2.05, 4.69) is 37.3 Å². The summed E-state index contributed by atoms with van der Waals surface area (Å²) in [5.74, 6) is 6.27. The maximum absolute atomic E-state index is 13.0. The fourth-order valence-electron chi connectivity index (χ4n) is 7.53. The molecule has 2 amide bonds. The lowest BCUT2D eigenvalue weighted by Crippen LogP contribution is -2.44. The number of phenols is 1. The number of imide groups is 1. The summed E-state index contributed by atoms with van der Waals surface area (Å²) in [5, 5.41) is 21.0. The topological polar surface area (TPSA) is 160 Å². The molecule has 6 heterocycles. The second-order valence-electron chi connectivity index (χ2n) is 13.7. The molecule has 3 aliphatic heterocycles. The van der Waals surface area contributed by atoms with Gasteiger partial charge in [0.25, 0.3) is 0 Å². The van der Waals surface area contributed by atoms with Gasteiger partial charge in [0, 0.05) is 75.5 Å². The third-order valence-electron chi connectivity index (χ3n) is 10.2. The first kappa shape index (κ1) is 33.6. The first-order chi connectivity index (χ1) is 25.7. The second-order valence-corrected chi connectivity index (χ2v) is 13.7. The van der Waals surface area contributed by atoms with Crippen molar-refractivity contribution in [2.24, 2.45) is 7.05 Å². The maximum Gasteiger partial charge on any atom is 0.329 e. The molecular weight excluding hydrogens is 674 g/mol. The van der Waals surface area contributed by atoms with Gasteiger partial charge in [0.1, 0.15) is 17.6 Å². The molecule has 0 saturated carbocycles. The number of nitrogens with one attached hydrogen (secondary N) is 1. The van der Waals surface area contributed by atoms with E-state index in [0.717, 1.165) is 42.3 Å². The molecule has 0 spiro atoms. The number of piperidine rings is 1. The Labute approximate surface area is 304 Å². The van der Waals surface area contributed by atoms with Crippen molar-refractivity contribution in [1.29, 1.82) is 0 Å². The number of piperazine rings is 1. The monoisotopic (exact) mass is 711 g/mol. The number of carbonyl (C=O) groups excluding carboxylic acids is 3. The number of hydrogen-bond acceptors (Lipinski definition) is 10. The normalized spacial score (nSPS) is 19.6. The van der Waals surface area contributed by atoms with Gasteiger partial charge in [-0.25, -0.2) is 14.5 Å². The molecule has 268 valence electrons. The summed E-state index contributed by atoms with van der Waals surface area (Å²) in [4.78, 5) is 59.2. The summed E-state index contributed by atoms with van der Waals surface area (Å²) in [7, 11) is 1.66. The van der Waals surface area contributed by atoms with Gasteiger partial charge in [0.05, 0.1) is 34.5 Å². The van der Waals surface area contributed by atoms with Crippen LogP contribution in [-0.4, -0.2) is 81.9 Å². The van der Waals surface area contributed by atoms with Crippen LogP contribution in [0.25, 0.3) is 11.0 Å². The van der Waals surface area contributed by atoms with Crippen LogP contribution < -0.4 is 15.9 Å². The molecule has 3 fully saturated rings. The Morgan fingerprint density at radius 1 is 1.02 bits per heavy atom. The van der Waals surface area contributed by atoms with Crippen molar-refractivity contribution in [3.63, 3.8) is 0 Å². The van der Waals surface area contributed by atoms with Crippen LogP contribution in [0.4, 0.5) is 5.82 Å². The van der Waals surface area contributed by atoms with Crippen LogP contribution in [0, 0.1) is 11.8 Å². The van der Waals surface area contributed by atoms with E-state index in [4.69, 9.17) is 4.98 Å². The standard InChI is InChI=1S/C39H37N9O5/c1-44-33-19-25(13-14-31(33)48(39(44)53)32-15-16-37(51)41-38(32)52)7-2-3-8-27-22-46(43-42-27)21-26-9-6-12-36(40-26)47-24-28-20-29(47)23-45(28)18-17-35(50)30-10-4-5-11-34(30)49/h4-6,9-14,17-19,22,28-29,32,49H,3,8,15-16,20-21,23-24H2,1H3,(H,41,51,52)/b18-17+/t28-,29-,32?/m1/s1. The van der Waals surface area contributed by atoms with E-state index >= 15 is 0 Å². The van der Waals surface area contributed by atoms with Crippen molar-refractivity contribution >= 4 is 34.4 Å². The van der Waals surface area contributed by atoms with Crippen molar-refractivity contribution in [2.45, 2.75) is 56.8 Å². The smallest absolute Gasteiger partial charge is 0.329 e. The molecule has 1 unspecified atom stereocenters. The van der Waals surface area contributed by atoms with Crippen LogP contribution in [0.5, 0.6) is 5.75 Å². The van der Waals surface area contributed by atoms with Gasteiger partial charge in [0.2, 0.25) is 11.8 Å². The fourth-order valence-corrected chi connectivity index (χ4v) is 7.53. The first-order valence-electron chi connectivity index (χ1n) is 17.6. The van der Waals surface area contributed by atoms with E-state index < -0.39 is 11.9 Å². The molecule has 0 radical (unpaired) electrons. The number of likely N-dealkylation sites (tertiary alicyclic amines) is 1. The Morgan fingerprint density at radius 2 is 1.89 bits per heavy atom. The van der Waals surface area contributed by atoms with Crippen LogP contribution in [0.3, 0.4) is 0 Å². The Kier molecular flexibility index (Phi) is 8.83. The van der Waals surface area contributed by atoms with Crippen LogP contribution in [0.15, 0.2) is 83.9 Å². The van der Waals surface area contributed by atoms with E-state index in [1.54, 1.807) is 36.0 Å². The number of carbonyl (C=O) groups is 3. The predicted molar refractivity (Wildman–Crippen MR) is 195 cm³/mol. The van der Waals surface area contributed by atoms with E-state index in [9.17, 15) is 24.3 Å². The first-order valence-corrected chi connectivity index (χ1v) is 17.6. The number of amides is 2. The van der Waals surface area contributed by atoms with E-state index in [0.29, 0.717) is 42.0 Å². The zero-order valence-electron chi connectivity index (χ0n) is 29.1. The highest BCUT2D eigenvalue weighted by Crippen LogP contribution is 2.34. The van der Waals surface area contributed by atoms with E-state index in [1.807, 2.05) is 42.7 Å². The fraction of sp³-hybridized carbons (Fsp3) is 0.308. The van der Waals surface area contributed by atoms with Crippen molar-refractivity contribution < 1.29 is 19.5 Å². The Morgan fingerprint density at radius 3 is 2.70 bits per heavy atom. The largest absolute Gasteiger partial charge is 0.507 e. The highest BCUT2D eigenvalue weighted by molar-refractivity contribution is 6.06. The molecule has 2 N–H and O–H groups in total. The number of aromatic hydroxyl groups is 1. The van der Waals surface area contributed by atoms with Gasteiger partial charge in [-0.05, 0) is 55.3 Å². The average molecular weight is 712 g/mol. The highest BCUT2D eigenvalue weighted by Gasteiger charge is 2.42. The van der Waals surface area contributed by atoms with Crippen LogP contribution >= 0.6 is 0 Å². The summed E-state index contributed by atoms with van der Waals surface area (Å²) in [6, 6.07) is 17.9. The van der Waals surface area contributed by atoms with Gasteiger partial charge in [-0.3, -0.25) is 28.8 Å². The SMILES string of the molecule is Cn1c(=O)n(C2CCC(=O)NC2=O)c2ccc(C#CCCc3cn(Cc4cccc(N5C[C@H]6C[C@@H]5CN6/C=C/C(=O)c5ccccc5O)n4)nn3)cc21. The minimum atomic E-state index is -0.729. The molecule has 2 aromatic carbocycles. The molecule has 8 rings (SSSR count). The number of rotatable bonds is 9. The van der Waals surface area contributed by atoms with Gasteiger partial charge in [-0.15, -0.1) is 5.10 Å². The summed E-state index contributed by atoms with van der Waals surface area (Å²) in [5.41, 5.74) is 3.72. The van der Waals surface area contributed by atoms with Gasteiger partial charge in [0.15, 0.2) is 5.78 Å². The zero-order valence-corrected chi connectivity index (χ0v) is 29.1. The minimum Gasteiger partial charge on any atom is -0.507 e. The molecule has 5 aromatic rings. The van der Waals surface area contributed by atoms with Gasteiger partial charge in [-0.1, -0.05) is 35.3 Å². The number of benzene rings is 2. The number of para-hydroxylation sites is 1. The minimum absolute atomic E-state index is 0.0143. The zero-order chi connectivity index (χ0) is 36.6. The van der Waals surface area contributed by atoms with E-state index in [-0.39, 0.29) is 42.0 Å². The summed E-state index contributed by atoms with van der Waals surface area (Å²) < 4.78 is 4.74. The lowest BCUT2D eigenvalue weighted by Gasteiger charge is -2.34. The molecule has 3 saturated heterocycles. The quantitative estimate of drug-likeness (QED) is 0.101. The number of hydrogen-bond donors (Lipinski definition) is 2. The molecule has 14 nitrogen and oxygen atoms in total. The number of allylic oxidation sites excluding steroid dienone is 1. The second kappa shape index (κ2) is 13.9. The van der Waals surface area contributed by atoms with Crippen molar-refractivity contribution in [1.82, 2.24) is 39.3 Å². The Bertz CT molecular complexity index is 2410. The number of aromatic nitrogens is 6. The van der Waals surface area contributed by atoms with Crippen LogP contribution in [-0.2, 0) is 29.6 Å². The maximum atomic E-state index is 13.0.